The molecule has 0 aliphatic heterocycles. The minimum absolute atomic E-state index is 0.182. The van der Waals surface area contributed by atoms with E-state index < -0.39 is 10.0 Å². The largest absolute Gasteiger partial charge is 0.243 e. The zero-order chi connectivity index (χ0) is 15.2. The summed E-state index contributed by atoms with van der Waals surface area (Å²) in [7, 11) is -3.56. The van der Waals surface area contributed by atoms with Crippen molar-refractivity contribution < 1.29 is 8.42 Å². The van der Waals surface area contributed by atoms with Crippen LogP contribution in [0, 0.1) is 11.3 Å². The summed E-state index contributed by atoms with van der Waals surface area (Å²) >= 11 is 5.66. The molecule has 0 N–H and O–H groups in total. The summed E-state index contributed by atoms with van der Waals surface area (Å²) in [6.45, 7) is 3.81. The van der Waals surface area contributed by atoms with Gasteiger partial charge in [-0.1, -0.05) is 12.1 Å². The fraction of sp³-hybridized carbons (Fsp3) is 0.500. The number of sulfonamides is 1. The van der Waals surface area contributed by atoms with E-state index in [1.54, 1.807) is 38.1 Å². The molecule has 0 heterocycles. The zero-order valence-electron chi connectivity index (χ0n) is 11.7. The Balaban J connectivity index is 3.03. The maximum atomic E-state index is 12.5. The van der Waals surface area contributed by atoms with E-state index in [9.17, 15) is 8.42 Å². The van der Waals surface area contributed by atoms with Crippen molar-refractivity contribution in [3.8, 4) is 6.07 Å². The van der Waals surface area contributed by atoms with Gasteiger partial charge in [-0.2, -0.15) is 9.57 Å². The molecule has 0 unspecified atom stereocenters. The highest BCUT2D eigenvalue weighted by Gasteiger charge is 2.26. The van der Waals surface area contributed by atoms with Gasteiger partial charge in [0.15, 0.2) is 0 Å². The summed E-state index contributed by atoms with van der Waals surface area (Å²) in [5.74, 6) is 0.506. The second-order valence-electron chi connectivity index (χ2n) is 4.70. The molecule has 110 valence electrons. The van der Waals surface area contributed by atoms with E-state index in [2.05, 4.69) is 0 Å². The number of hydrogen-bond donors (Lipinski definition) is 0. The minimum Gasteiger partial charge on any atom is -0.207 e. The smallest absolute Gasteiger partial charge is 0.207 e. The predicted octanol–water partition coefficient (Wildman–Crippen LogP) is 2.78. The van der Waals surface area contributed by atoms with Crippen molar-refractivity contribution >= 4 is 21.6 Å². The SMILES string of the molecule is CC(C)N(CCC#N)S(=O)(=O)c1ccc(CCCl)cc1. The van der Waals surface area contributed by atoms with E-state index in [1.807, 2.05) is 6.07 Å². The summed E-state index contributed by atoms with van der Waals surface area (Å²) in [5.41, 5.74) is 1.01. The summed E-state index contributed by atoms with van der Waals surface area (Å²) < 4.78 is 26.4. The first-order valence-electron chi connectivity index (χ1n) is 6.47. The highest BCUT2D eigenvalue weighted by molar-refractivity contribution is 7.89. The predicted molar refractivity (Wildman–Crippen MR) is 80.1 cm³/mol. The Labute approximate surface area is 126 Å². The van der Waals surface area contributed by atoms with Gasteiger partial charge in [-0.15, -0.1) is 11.6 Å². The molecule has 0 amide bonds. The molecule has 6 heteroatoms. The second kappa shape index (κ2) is 7.63. The van der Waals surface area contributed by atoms with Crippen LogP contribution in [-0.2, 0) is 16.4 Å². The Hall–Kier alpha value is -1.09. The molecule has 0 aliphatic carbocycles. The topological polar surface area (TPSA) is 61.2 Å². The van der Waals surface area contributed by atoms with Crippen molar-refractivity contribution in [2.24, 2.45) is 0 Å². The Kier molecular flexibility index (Phi) is 6.47. The number of hydrogen-bond acceptors (Lipinski definition) is 3. The normalized spacial score (nSPS) is 11.8. The third kappa shape index (κ3) is 4.20. The van der Waals surface area contributed by atoms with Gasteiger partial charge in [0.1, 0.15) is 0 Å². The number of nitriles is 1. The van der Waals surface area contributed by atoms with Gasteiger partial charge in [0.2, 0.25) is 10.0 Å². The van der Waals surface area contributed by atoms with Crippen LogP contribution < -0.4 is 0 Å². The van der Waals surface area contributed by atoms with Crippen LogP contribution >= 0.6 is 11.6 Å². The zero-order valence-corrected chi connectivity index (χ0v) is 13.3. The molecule has 0 atom stereocenters. The molecule has 0 radical (unpaired) electrons. The van der Waals surface area contributed by atoms with Crippen LogP contribution in [0.3, 0.4) is 0 Å². The second-order valence-corrected chi connectivity index (χ2v) is 6.97. The Morgan fingerprint density at radius 2 is 1.90 bits per heavy atom. The Bertz CT molecular complexity index is 562. The number of alkyl halides is 1. The molecule has 1 aromatic carbocycles. The number of aryl methyl sites for hydroxylation is 1. The van der Waals surface area contributed by atoms with Crippen LogP contribution in [0.2, 0.25) is 0 Å². The average Bonchev–Trinajstić information content (AvgIpc) is 2.39. The molecule has 0 saturated heterocycles. The fourth-order valence-electron chi connectivity index (χ4n) is 1.89. The van der Waals surface area contributed by atoms with Crippen molar-refractivity contribution in [3.05, 3.63) is 29.8 Å². The standard InChI is InChI=1S/C14H19ClN2O2S/c1-12(2)17(11-3-10-16)20(18,19)14-6-4-13(5-7-14)8-9-15/h4-7,12H,3,8-9,11H2,1-2H3. The molecule has 0 aromatic heterocycles. The molecular weight excluding hydrogens is 296 g/mol. The molecular formula is C14H19ClN2O2S. The molecule has 0 bridgehead atoms. The van der Waals surface area contributed by atoms with Crippen LogP contribution in [-0.4, -0.2) is 31.2 Å². The molecule has 0 spiro atoms. The first kappa shape index (κ1) is 17.0. The van der Waals surface area contributed by atoms with E-state index in [0.717, 1.165) is 5.56 Å². The molecule has 0 aliphatic rings. The van der Waals surface area contributed by atoms with Crippen LogP contribution in [0.5, 0.6) is 0 Å². The van der Waals surface area contributed by atoms with E-state index in [0.29, 0.717) is 12.3 Å². The molecule has 1 rings (SSSR count). The summed E-state index contributed by atoms with van der Waals surface area (Å²) in [4.78, 5) is 0.252. The van der Waals surface area contributed by atoms with Gasteiger partial charge in [-0.05, 0) is 38.0 Å². The van der Waals surface area contributed by atoms with Gasteiger partial charge in [0.05, 0.1) is 11.0 Å². The third-order valence-electron chi connectivity index (χ3n) is 2.93. The molecule has 0 saturated carbocycles. The first-order valence-corrected chi connectivity index (χ1v) is 8.44. The lowest BCUT2D eigenvalue weighted by Gasteiger charge is -2.25. The molecule has 0 fully saturated rings. The van der Waals surface area contributed by atoms with Crippen molar-refractivity contribution in [2.45, 2.75) is 37.6 Å². The molecule has 4 nitrogen and oxygen atoms in total. The number of halogens is 1. The minimum atomic E-state index is -3.56. The van der Waals surface area contributed by atoms with E-state index in [1.165, 1.54) is 4.31 Å². The molecule has 20 heavy (non-hydrogen) atoms. The van der Waals surface area contributed by atoms with Crippen molar-refractivity contribution in [1.82, 2.24) is 4.31 Å². The Morgan fingerprint density at radius 1 is 1.30 bits per heavy atom. The maximum Gasteiger partial charge on any atom is 0.243 e. The van der Waals surface area contributed by atoms with Gasteiger partial charge >= 0.3 is 0 Å². The van der Waals surface area contributed by atoms with E-state index >= 15 is 0 Å². The van der Waals surface area contributed by atoms with Gasteiger partial charge < -0.3 is 0 Å². The van der Waals surface area contributed by atoms with Crippen molar-refractivity contribution in [1.29, 1.82) is 5.26 Å². The van der Waals surface area contributed by atoms with Crippen molar-refractivity contribution in [3.63, 3.8) is 0 Å². The quantitative estimate of drug-likeness (QED) is 0.727. The van der Waals surface area contributed by atoms with Crippen LogP contribution in [0.15, 0.2) is 29.2 Å². The molecule has 1 aromatic rings. The van der Waals surface area contributed by atoms with E-state index in [-0.39, 0.29) is 23.9 Å². The van der Waals surface area contributed by atoms with Gasteiger partial charge in [-0.25, -0.2) is 8.42 Å². The van der Waals surface area contributed by atoms with Crippen molar-refractivity contribution in [2.75, 3.05) is 12.4 Å². The van der Waals surface area contributed by atoms with Gasteiger partial charge in [-0.3, -0.25) is 0 Å². The lowest BCUT2D eigenvalue weighted by Crippen LogP contribution is -2.37. The summed E-state index contributed by atoms with van der Waals surface area (Å²) in [6.07, 6.45) is 0.895. The third-order valence-corrected chi connectivity index (χ3v) is 5.21. The monoisotopic (exact) mass is 314 g/mol. The number of nitrogens with zero attached hydrogens (tertiary/aromatic N) is 2. The van der Waals surface area contributed by atoms with Gasteiger partial charge in [0.25, 0.3) is 0 Å². The first-order chi connectivity index (χ1) is 9.43. The number of benzene rings is 1. The summed E-state index contributed by atoms with van der Waals surface area (Å²) in [5, 5.41) is 8.64. The fourth-order valence-corrected chi connectivity index (χ4v) is 3.74. The Morgan fingerprint density at radius 3 is 2.35 bits per heavy atom. The van der Waals surface area contributed by atoms with Gasteiger partial charge in [0, 0.05) is 24.9 Å². The van der Waals surface area contributed by atoms with Crippen LogP contribution in [0.4, 0.5) is 0 Å². The van der Waals surface area contributed by atoms with Crippen LogP contribution in [0.25, 0.3) is 0 Å². The number of rotatable bonds is 7. The van der Waals surface area contributed by atoms with E-state index in [4.69, 9.17) is 16.9 Å². The highest BCUT2D eigenvalue weighted by Crippen LogP contribution is 2.19. The highest BCUT2D eigenvalue weighted by atomic mass is 35.5. The average molecular weight is 315 g/mol. The lowest BCUT2D eigenvalue weighted by atomic mass is 10.2. The summed E-state index contributed by atoms with van der Waals surface area (Å²) in [6, 6.07) is 8.54. The lowest BCUT2D eigenvalue weighted by molar-refractivity contribution is 0.360. The van der Waals surface area contributed by atoms with Crippen LogP contribution in [0.1, 0.15) is 25.8 Å². The maximum absolute atomic E-state index is 12.5.